The van der Waals surface area contributed by atoms with Gasteiger partial charge >= 0.3 is 0 Å². The van der Waals surface area contributed by atoms with Crippen LogP contribution in [0.25, 0.3) is 11.1 Å². The number of nitrogens with one attached hydrogen (secondary N) is 1. The average molecular weight is 423 g/mol. The molecule has 2 aliphatic heterocycles. The predicted molar refractivity (Wildman–Crippen MR) is 117 cm³/mol. The third-order valence-electron chi connectivity index (χ3n) is 7.27. The third kappa shape index (κ3) is 3.26. The first-order valence-electron chi connectivity index (χ1n) is 11.2. The van der Waals surface area contributed by atoms with E-state index in [-0.39, 0.29) is 5.91 Å². The largest absolute Gasteiger partial charge is 0.448 e. The summed E-state index contributed by atoms with van der Waals surface area (Å²) in [6.07, 6.45) is 10.2. The van der Waals surface area contributed by atoms with Crippen molar-refractivity contribution in [1.29, 1.82) is 0 Å². The number of hydrogen-bond acceptors (Lipinski definition) is 6. The molecule has 164 valence electrons. The normalized spacial score (nSPS) is 27.2. The van der Waals surface area contributed by atoms with Crippen LogP contribution in [0.2, 0.25) is 0 Å². The Hall–Kier alpha value is -2.67. The monoisotopic (exact) mass is 422 g/mol. The molecule has 1 aromatic heterocycles. The standard InChI is InChI=1S/C24H30N4O3/c1-14-19-18(9-10-27-23(19)29)20(15-11-25-13-26-12-15)22-21(14)30-24(2,31-22)16-5-7-17(8-6-16)28(3)4/h11-13,16-17H,5-10H2,1-4H3,(H,27,29). The lowest BCUT2D eigenvalue weighted by molar-refractivity contribution is -0.123. The molecule has 0 bridgehead atoms. The molecule has 31 heavy (non-hydrogen) atoms. The number of benzene rings is 1. The Kier molecular flexibility index (Phi) is 4.88. The summed E-state index contributed by atoms with van der Waals surface area (Å²) in [6, 6.07) is 0.610. The van der Waals surface area contributed by atoms with Gasteiger partial charge in [0.05, 0.1) is 5.56 Å². The molecule has 1 fully saturated rings. The second-order valence-corrected chi connectivity index (χ2v) is 9.33. The van der Waals surface area contributed by atoms with Crippen molar-refractivity contribution in [2.24, 2.45) is 5.92 Å². The van der Waals surface area contributed by atoms with Crippen LogP contribution in [0, 0.1) is 12.8 Å². The molecule has 0 saturated heterocycles. The van der Waals surface area contributed by atoms with Crippen LogP contribution < -0.4 is 14.8 Å². The van der Waals surface area contributed by atoms with Gasteiger partial charge in [-0.05, 0) is 58.7 Å². The molecular formula is C24H30N4O3. The quantitative estimate of drug-likeness (QED) is 0.818. The summed E-state index contributed by atoms with van der Waals surface area (Å²) in [4.78, 5) is 23.6. The van der Waals surface area contributed by atoms with E-state index >= 15 is 0 Å². The number of nitrogens with zero attached hydrogens (tertiary/aromatic N) is 3. The molecular weight excluding hydrogens is 392 g/mol. The van der Waals surface area contributed by atoms with Crippen LogP contribution in [0.15, 0.2) is 18.7 Å². The fourth-order valence-corrected chi connectivity index (χ4v) is 5.50. The first-order chi connectivity index (χ1) is 14.9. The van der Waals surface area contributed by atoms with Crippen molar-refractivity contribution < 1.29 is 14.3 Å². The van der Waals surface area contributed by atoms with Crippen LogP contribution in [-0.2, 0) is 6.42 Å². The lowest BCUT2D eigenvalue weighted by Crippen LogP contribution is -2.46. The lowest BCUT2D eigenvalue weighted by Gasteiger charge is -2.39. The number of carbonyl (C=O) groups excluding carboxylic acids is 1. The Labute approximate surface area is 183 Å². The zero-order chi connectivity index (χ0) is 21.8. The van der Waals surface area contributed by atoms with E-state index < -0.39 is 5.79 Å². The molecule has 1 amide bonds. The van der Waals surface area contributed by atoms with Crippen molar-refractivity contribution in [2.45, 2.75) is 57.8 Å². The Bertz CT molecular complexity index is 1020. The molecule has 3 heterocycles. The van der Waals surface area contributed by atoms with E-state index in [2.05, 4.69) is 41.2 Å². The SMILES string of the molecule is Cc1c2c(c(-c3cncnc3)c3c1C(=O)NCC3)OC(C)(C1CCC(N(C)C)CC1)O2. The number of hydrogen-bond donors (Lipinski definition) is 1. The van der Waals surface area contributed by atoms with Crippen LogP contribution in [0.4, 0.5) is 0 Å². The van der Waals surface area contributed by atoms with E-state index in [0.717, 1.165) is 60.1 Å². The summed E-state index contributed by atoms with van der Waals surface area (Å²) in [5, 5.41) is 2.98. The van der Waals surface area contributed by atoms with Gasteiger partial charge in [-0.1, -0.05) is 0 Å². The topological polar surface area (TPSA) is 76.6 Å². The molecule has 0 radical (unpaired) electrons. The number of carbonyl (C=O) groups is 1. The van der Waals surface area contributed by atoms with Gasteiger partial charge in [0, 0.05) is 54.5 Å². The van der Waals surface area contributed by atoms with Crippen LogP contribution in [-0.4, -0.2) is 53.2 Å². The maximum absolute atomic E-state index is 12.8. The fraction of sp³-hybridized carbons (Fsp3) is 0.542. The second-order valence-electron chi connectivity index (χ2n) is 9.33. The Morgan fingerprint density at radius 1 is 1.06 bits per heavy atom. The maximum atomic E-state index is 12.8. The first kappa shape index (κ1) is 20.2. The Balaban J connectivity index is 1.58. The van der Waals surface area contributed by atoms with E-state index in [0.29, 0.717) is 29.8 Å². The Morgan fingerprint density at radius 2 is 1.74 bits per heavy atom. The molecule has 7 nitrogen and oxygen atoms in total. The minimum absolute atomic E-state index is 0.0525. The molecule has 1 saturated carbocycles. The highest BCUT2D eigenvalue weighted by molar-refractivity contribution is 6.02. The summed E-state index contributed by atoms with van der Waals surface area (Å²) in [6.45, 7) is 4.63. The predicted octanol–water partition coefficient (Wildman–Crippen LogP) is 3.35. The molecule has 5 rings (SSSR count). The highest BCUT2D eigenvalue weighted by atomic mass is 16.7. The van der Waals surface area contributed by atoms with Gasteiger partial charge in [-0.15, -0.1) is 0 Å². The Morgan fingerprint density at radius 3 is 2.42 bits per heavy atom. The first-order valence-corrected chi connectivity index (χ1v) is 11.2. The molecule has 1 unspecified atom stereocenters. The van der Waals surface area contributed by atoms with Gasteiger partial charge in [-0.3, -0.25) is 4.79 Å². The molecule has 2 aromatic rings. The summed E-state index contributed by atoms with van der Waals surface area (Å²) < 4.78 is 13.3. The molecule has 1 N–H and O–H groups in total. The highest BCUT2D eigenvalue weighted by Gasteiger charge is 2.48. The van der Waals surface area contributed by atoms with E-state index in [4.69, 9.17) is 9.47 Å². The van der Waals surface area contributed by atoms with E-state index in [9.17, 15) is 4.79 Å². The van der Waals surface area contributed by atoms with E-state index in [1.807, 2.05) is 6.92 Å². The van der Waals surface area contributed by atoms with Crippen molar-refractivity contribution in [1.82, 2.24) is 20.2 Å². The lowest BCUT2D eigenvalue weighted by atomic mass is 9.81. The molecule has 1 aliphatic carbocycles. The molecule has 1 aromatic carbocycles. The summed E-state index contributed by atoms with van der Waals surface area (Å²) in [5.74, 6) is 0.921. The molecule has 3 aliphatic rings. The minimum atomic E-state index is -0.741. The summed E-state index contributed by atoms with van der Waals surface area (Å²) >= 11 is 0. The van der Waals surface area contributed by atoms with Crippen molar-refractivity contribution in [2.75, 3.05) is 20.6 Å². The average Bonchev–Trinajstić information content (AvgIpc) is 3.13. The van der Waals surface area contributed by atoms with Gasteiger partial charge in [0.15, 0.2) is 11.5 Å². The van der Waals surface area contributed by atoms with Crippen LogP contribution in [0.1, 0.15) is 54.1 Å². The number of fused-ring (bicyclic) bond motifs is 2. The van der Waals surface area contributed by atoms with Gasteiger partial charge in [-0.25, -0.2) is 9.97 Å². The van der Waals surface area contributed by atoms with Crippen molar-refractivity contribution in [3.05, 3.63) is 35.4 Å². The molecule has 1 atom stereocenters. The van der Waals surface area contributed by atoms with Gasteiger partial charge < -0.3 is 19.7 Å². The second kappa shape index (κ2) is 7.48. The number of amides is 1. The van der Waals surface area contributed by atoms with Crippen LogP contribution in [0.3, 0.4) is 0 Å². The van der Waals surface area contributed by atoms with Gasteiger partial charge in [0.25, 0.3) is 11.7 Å². The van der Waals surface area contributed by atoms with E-state index in [1.165, 1.54) is 6.33 Å². The van der Waals surface area contributed by atoms with Crippen molar-refractivity contribution in [3.63, 3.8) is 0 Å². The number of aromatic nitrogens is 2. The summed E-state index contributed by atoms with van der Waals surface area (Å²) in [7, 11) is 4.30. The zero-order valence-corrected chi connectivity index (χ0v) is 18.7. The van der Waals surface area contributed by atoms with Crippen molar-refractivity contribution >= 4 is 5.91 Å². The smallest absolute Gasteiger partial charge is 0.252 e. The minimum Gasteiger partial charge on any atom is -0.448 e. The molecule has 0 spiro atoms. The fourth-order valence-electron chi connectivity index (χ4n) is 5.50. The summed E-state index contributed by atoms with van der Waals surface area (Å²) in [5.41, 5.74) is 4.31. The number of rotatable bonds is 3. The van der Waals surface area contributed by atoms with E-state index in [1.54, 1.807) is 12.4 Å². The van der Waals surface area contributed by atoms with Crippen LogP contribution in [0.5, 0.6) is 11.5 Å². The van der Waals surface area contributed by atoms with Gasteiger partial charge in [0.1, 0.15) is 6.33 Å². The third-order valence-corrected chi connectivity index (χ3v) is 7.27. The number of ether oxygens (including phenoxy) is 2. The maximum Gasteiger partial charge on any atom is 0.252 e. The molecule has 7 heteroatoms. The van der Waals surface area contributed by atoms with Gasteiger partial charge in [0.2, 0.25) is 0 Å². The van der Waals surface area contributed by atoms with Gasteiger partial charge in [-0.2, -0.15) is 0 Å². The van der Waals surface area contributed by atoms with Crippen LogP contribution >= 0.6 is 0 Å². The highest BCUT2D eigenvalue weighted by Crippen LogP contribution is 2.54. The zero-order valence-electron chi connectivity index (χ0n) is 18.7. The van der Waals surface area contributed by atoms with Crippen molar-refractivity contribution in [3.8, 4) is 22.6 Å².